The minimum absolute atomic E-state index is 0.260. The largest absolute Gasteiger partial charge is 0.381 e. The van der Waals surface area contributed by atoms with E-state index in [1.807, 2.05) is 17.7 Å². The van der Waals surface area contributed by atoms with Gasteiger partial charge in [0.15, 0.2) is 5.69 Å². The molecule has 2 saturated heterocycles. The summed E-state index contributed by atoms with van der Waals surface area (Å²) in [5.41, 5.74) is 1.20. The van der Waals surface area contributed by atoms with E-state index in [1.165, 1.54) is 12.1 Å². The number of ether oxygens (including phenoxy) is 1. The van der Waals surface area contributed by atoms with Gasteiger partial charge in [0.1, 0.15) is 5.82 Å². The molecule has 2 fully saturated rings. The van der Waals surface area contributed by atoms with Crippen LogP contribution < -0.4 is 10.6 Å². The Hall–Kier alpha value is -2.32. The maximum Gasteiger partial charge on any atom is 0.274 e. The summed E-state index contributed by atoms with van der Waals surface area (Å²) >= 11 is 0. The van der Waals surface area contributed by atoms with E-state index in [4.69, 9.17) is 4.74 Å². The molecule has 150 valence electrons. The van der Waals surface area contributed by atoms with Crippen LogP contribution in [0, 0.1) is 12.7 Å². The molecule has 2 N–H and O–H groups in total. The van der Waals surface area contributed by atoms with E-state index >= 15 is 0 Å². The first-order valence-corrected chi connectivity index (χ1v) is 9.88. The summed E-state index contributed by atoms with van der Waals surface area (Å²) in [5.74, 6) is -0.588. The molecule has 8 heteroatoms. The molecule has 2 aliphatic heterocycles. The predicted octanol–water partition coefficient (Wildman–Crippen LogP) is 2.09. The lowest BCUT2D eigenvalue weighted by Crippen LogP contribution is -2.49. The minimum Gasteiger partial charge on any atom is -0.381 e. The van der Waals surface area contributed by atoms with Gasteiger partial charge >= 0.3 is 0 Å². The summed E-state index contributed by atoms with van der Waals surface area (Å²) in [6.07, 6.45) is 3.11. The van der Waals surface area contributed by atoms with Gasteiger partial charge in [-0.15, -0.1) is 5.10 Å². The lowest BCUT2D eigenvalue weighted by molar-refractivity contribution is 0.0342. The van der Waals surface area contributed by atoms with Crippen LogP contribution in [0.4, 0.5) is 4.39 Å². The molecule has 0 spiro atoms. The van der Waals surface area contributed by atoms with Crippen molar-refractivity contribution in [1.29, 1.82) is 0 Å². The molecule has 1 aromatic heterocycles. The Kier molecular flexibility index (Phi) is 5.41. The molecular formula is C20H26FN5O2. The Bertz CT molecular complexity index is 841. The monoisotopic (exact) mass is 387 g/mol. The number of carbonyl (C=O) groups is 1. The summed E-state index contributed by atoms with van der Waals surface area (Å²) in [6, 6.07) is 6.69. The van der Waals surface area contributed by atoms with Gasteiger partial charge in [0, 0.05) is 13.2 Å². The van der Waals surface area contributed by atoms with Gasteiger partial charge in [-0.2, -0.15) is 0 Å². The van der Waals surface area contributed by atoms with E-state index in [1.54, 1.807) is 6.07 Å². The van der Waals surface area contributed by atoms with Gasteiger partial charge in [-0.05, 0) is 63.4 Å². The molecule has 1 amide bonds. The standard InChI is InChI=1S/C20H26FN5O2/c1-14-18(24-25-26(14)17-5-9-22-10-6-17)19(27)23-20(7-11-28-12-8-20)15-3-2-4-16(21)13-15/h2-4,13,17,22H,5-12H2,1H3,(H,23,27). The number of rotatable bonds is 4. The third-order valence-corrected chi connectivity index (χ3v) is 5.87. The number of amides is 1. The van der Waals surface area contributed by atoms with Crippen molar-refractivity contribution < 1.29 is 13.9 Å². The molecule has 0 saturated carbocycles. The molecule has 1 aromatic carbocycles. The molecule has 2 aliphatic rings. The number of hydrogen-bond donors (Lipinski definition) is 2. The van der Waals surface area contributed by atoms with E-state index in [2.05, 4.69) is 20.9 Å². The normalized spacial score (nSPS) is 20.1. The molecular weight excluding hydrogens is 361 g/mol. The van der Waals surface area contributed by atoms with E-state index in [0.717, 1.165) is 37.2 Å². The zero-order valence-corrected chi connectivity index (χ0v) is 16.1. The van der Waals surface area contributed by atoms with Gasteiger partial charge in [-0.3, -0.25) is 4.79 Å². The number of aromatic nitrogens is 3. The van der Waals surface area contributed by atoms with E-state index < -0.39 is 5.54 Å². The van der Waals surface area contributed by atoms with Crippen LogP contribution in [0.2, 0.25) is 0 Å². The summed E-state index contributed by atoms with van der Waals surface area (Å²) < 4.78 is 21.2. The van der Waals surface area contributed by atoms with Crippen molar-refractivity contribution in [3.63, 3.8) is 0 Å². The van der Waals surface area contributed by atoms with E-state index in [0.29, 0.717) is 31.7 Å². The second-order valence-electron chi connectivity index (χ2n) is 7.61. The zero-order valence-electron chi connectivity index (χ0n) is 16.1. The van der Waals surface area contributed by atoms with Gasteiger partial charge < -0.3 is 15.4 Å². The van der Waals surface area contributed by atoms with Crippen molar-refractivity contribution in [1.82, 2.24) is 25.6 Å². The first kappa shape index (κ1) is 19.0. The predicted molar refractivity (Wildman–Crippen MR) is 101 cm³/mol. The molecule has 0 aliphatic carbocycles. The molecule has 0 atom stereocenters. The fourth-order valence-corrected chi connectivity index (χ4v) is 4.22. The highest BCUT2D eigenvalue weighted by Crippen LogP contribution is 2.33. The van der Waals surface area contributed by atoms with Crippen LogP contribution in [0.25, 0.3) is 0 Å². The van der Waals surface area contributed by atoms with Gasteiger partial charge in [0.05, 0.1) is 17.3 Å². The number of piperidine rings is 1. The summed E-state index contributed by atoms with van der Waals surface area (Å²) in [6.45, 7) is 4.78. The molecule has 0 bridgehead atoms. The highest BCUT2D eigenvalue weighted by Gasteiger charge is 2.37. The van der Waals surface area contributed by atoms with Gasteiger partial charge in [-0.25, -0.2) is 9.07 Å². The Morgan fingerprint density at radius 3 is 2.79 bits per heavy atom. The van der Waals surface area contributed by atoms with Gasteiger partial charge in [-0.1, -0.05) is 17.3 Å². The third-order valence-electron chi connectivity index (χ3n) is 5.87. The lowest BCUT2D eigenvalue weighted by atomic mass is 9.82. The van der Waals surface area contributed by atoms with Crippen LogP contribution in [0.15, 0.2) is 24.3 Å². The van der Waals surface area contributed by atoms with Crippen molar-refractivity contribution in [2.24, 2.45) is 0 Å². The van der Waals surface area contributed by atoms with Crippen LogP contribution in [0.5, 0.6) is 0 Å². The number of nitrogens with one attached hydrogen (secondary N) is 2. The topological polar surface area (TPSA) is 81.1 Å². The zero-order chi connectivity index (χ0) is 19.6. The molecule has 3 heterocycles. The maximum absolute atomic E-state index is 13.9. The van der Waals surface area contributed by atoms with Crippen LogP contribution in [0.1, 0.15) is 53.5 Å². The van der Waals surface area contributed by atoms with E-state index in [-0.39, 0.29) is 17.8 Å². The first-order chi connectivity index (χ1) is 13.6. The van der Waals surface area contributed by atoms with Crippen molar-refractivity contribution in [3.8, 4) is 0 Å². The average molecular weight is 387 g/mol. The second kappa shape index (κ2) is 7.97. The van der Waals surface area contributed by atoms with Crippen molar-refractivity contribution >= 4 is 5.91 Å². The fourth-order valence-electron chi connectivity index (χ4n) is 4.22. The number of hydrogen-bond acceptors (Lipinski definition) is 5. The number of carbonyl (C=O) groups excluding carboxylic acids is 1. The average Bonchev–Trinajstić information content (AvgIpc) is 3.11. The lowest BCUT2D eigenvalue weighted by Gasteiger charge is -2.38. The van der Waals surface area contributed by atoms with Gasteiger partial charge in [0.25, 0.3) is 5.91 Å². The Morgan fingerprint density at radius 1 is 1.32 bits per heavy atom. The molecule has 2 aromatic rings. The van der Waals surface area contributed by atoms with Crippen LogP contribution in [-0.4, -0.2) is 47.2 Å². The van der Waals surface area contributed by atoms with Crippen LogP contribution in [0.3, 0.4) is 0 Å². The maximum atomic E-state index is 13.9. The third kappa shape index (κ3) is 3.66. The number of halogens is 1. The summed E-state index contributed by atoms with van der Waals surface area (Å²) in [7, 11) is 0. The Morgan fingerprint density at radius 2 is 2.07 bits per heavy atom. The highest BCUT2D eigenvalue weighted by molar-refractivity contribution is 5.93. The molecule has 4 rings (SSSR count). The molecule has 0 unspecified atom stereocenters. The van der Waals surface area contributed by atoms with Gasteiger partial charge in [0.2, 0.25) is 0 Å². The smallest absolute Gasteiger partial charge is 0.274 e. The summed E-state index contributed by atoms with van der Waals surface area (Å²) in [5, 5.41) is 14.9. The van der Waals surface area contributed by atoms with Crippen LogP contribution >= 0.6 is 0 Å². The second-order valence-corrected chi connectivity index (χ2v) is 7.61. The minimum atomic E-state index is -0.664. The molecule has 28 heavy (non-hydrogen) atoms. The quantitative estimate of drug-likeness (QED) is 0.840. The van der Waals surface area contributed by atoms with Crippen molar-refractivity contribution in [3.05, 3.63) is 47.0 Å². The highest BCUT2D eigenvalue weighted by atomic mass is 19.1. The fraction of sp³-hybridized carbons (Fsp3) is 0.550. The number of nitrogens with zero attached hydrogens (tertiary/aromatic N) is 3. The van der Waals surface area contributed by atoms with Crippen LogP contribution in [-0.2, 0) is 10.3 Å². The first-order valence-electron chi connectivity index (χ1n) is 9.88. The van der Waals surface area contributed by atoms with Crippen molar-refractivity contribution in [2.45, 2.75) is 44.2 Å². The SMILES string of the molecule is Cc1c(C(=O)NC2(c3cccc(F)c3)CCOCC2)nnn1C1CCNCC1. The molecule has 0 radical (unpaired) electrons. The Labute approximate surface area is 163 Å². The van der Waals surface area contributed by atoms with E-state index in [9.17, 15) is 9.18 Å². The summed E-state index contributed by atoms with van der Waals surface area (Å²) in [4.78, 5) is 13.1. The number of benzene rings is 1. The Balaban J connectivity index is 1.59. The molecule has 7 nitrogen and oxygen atoms in total. The van der Waals surface area contributed by atoms with Crippen molar-refractivity contribution in [2.75, 3.05) is 26.3 Å².